The van der Waals surface area contributed by atoms with Crippen LogP contribution in [0.4, 0.5) is 0 Å². The van der Waals surface area contributed by atoms with Gasteiger partial charge in [-0.1, -0.05) is 19.9 Å². The molecular weight excluding hydrogens is 226 g/mol. The smallest absolute Gasteiger partial charge is 0.130 e. The first-order chi connectivity index (χ1) is 8.45. The quantitative estimate of drug-likeness (QED) is 0.896. The maximum absolute atomic E-state index is 11.4. The van der Waals surface area contributed by atoms with Crippen LogP contribution in [0.25, 0.3) is 10.9 Å². The second-order valence-corrected chi connectivity index (χ2v) is 5.35. The van der Waals surface area contributed by atoms with Gasteiger partial charge >= 0.3 is 0 Å². The van der Waals surface area contributed by atoms with Gasteiger partial charge in [-0.15, -0.1) is 0 Å². The van der Waals surface area contributed by atoms with Crippen LogP contribution in [0.1, 0.15) is 32.8 Å². The third-order valence-corrected chi connectivity index (χ3v) is 3.31. The molecule has 0 aliphatic carbocycles. The summed E-state index contributed by atoms with van der Waals surface area (Å²) in [4.78, 5) is 14.7. The van der Waals surface area contributed by atoms with Gasteiger partial charge in [0.1, 0.15) is 11.5 Å². The van der Waals surface area contributed by atoms with Gasteiger partial charge in [0, 0.05) is 23.5 Å². The van der Waals surface area contributed by atoms with Gasteiger partial charge in [0.05, 0.1) is 7.11 Å². The number of carbonyl (C=O) groups is 1. The number of aromatic amines is 1. The molecule has 0 atom stereocenters. The van der Waals surface area contributed by atoms with Gasteiger partial charge < -0.3 is 9.72 Å². The first kappa shape index (κ1) is 12.7. The highest BCUT2D eigenvalue weighted by atomic mass is 16.5. The van der Waals surface area contributed by atoms with Crippen molar-refractivity contribution in [1.82, 2.24) is 4.98 Å². The Hall–Kier alpha value is -1.77. The normalized spacial score (nSPS) is 11.8. The molecule has 0 saturated carbocycles. The van der Waals surface area contributed by atoms with Gasteiger partial charge in [-0.2, -0.15) is 0 Å². The first-order valence-corrected chi connectivity index (χ1v) is 6.09. The van der Waals surface area contributed by atoms with Gasteiger partial charge in [0.15, 0.2) is 0 Å². The summed E-state index contributed by atoms with van der Waals surface area (Å²) in [5.41, 5.74) is 1.98. The van der Waals surface area contributed by atoms with E-state index in [-0.39, 0.29) is 11.2 Å². The van der Waals surface area contributed by atoms with E-state index >= 15 is 0 Å². The van der Waals surface area contributed by atoms with Crippen molar-refractivity contribution in [3.63, 3.8) is 0 Å². The van der Waals surface area contributed by atoms with Crippen molar-refractivity contribution >= 4 is 16.7 Å². The number of hydrogen-bond donors (Lipinski definition) is 1. The largest absolute Gasteiger partial charge is 0.496 e. The van der Waals surface area contributed by atoms with Crippen molar-refractivity contribution in [3.8, 4) is 5.75 Å². The molecule has 0 unspecified atom stereocenters. The van der Waals surface area contributed by atoms with Crippen LogP contribution in [0, 0.1) is 0 Å². The monoisotopic (exact) mass is 245 g/mol. The number of benzene rings is 1. The summed E-state index contributed by atoms with van der Waals surface area (Å²) >= 11 is 0. The van der Waals surface area contributed by atoms with Crippen molar-refractivity contribution < 1.29 is 9.53 Å². The van der Waals surface area contributed by atoms with Crippen molar-refractivity contribution in [2.24, 2.45) is 0 Å². The number of hydrogen-bond acceptors (Lipinski definition) is 2. The zero-order valence-corrected chi connectivity index (χ0v) is 11.3. The van der Waals surface area contributed by atoms with E-state index in [9.17, 15) is 4.79 Å². The Balaban J connectivity index is 2.61. The van der Waals surface area contributed by atoms with Crippen LogP contribution in [0.15, 0.2) is 24.4 Å². The van der Waals surface area contributed by atoms with Crippen LogP contribution >= 0.6 is 0 Å². The molecule has 1 aromatic carbocycles. The summed E-state index contributed by atoms with van der Waals surface area (Å²) in [6, 6.07) is 5.92. The number of ether oxygens (including phenoxy) is 1. The summed E-state index contributed by atoms with van der Waals surface area (Å²) in [6.07, 6.45) is 2.51. The predicted molar refractivity (Wildman–Crippen MR) is 73.2 cm³/mol. The lowest BCUT2D eigenvalue weighted by Crippen LogP contribution is -2.20. The molecule has 2 rings (SSSR count). The third kappa shape index (κ3) is 2.13. The Morgan fingerprint density at radius 3 is 2.72 bits per heavy atom. The summed E-state index contributed by atoms with van der Waals surface area (Å²) < 4.78 is 5.42. The fourth-order valence-electron chi connectivity index (χ4n) is 2.57. The van der Waals surface area contributed by atoms with E-state index < -0.39 is 0 Å². The molecule has 1 N–H and O–H groups in total. The summed E-state index contributed by atoms with van der Waals surface area (Å²) in [7, 11) is 1.67. The molecular formula is C15H19NO2. The molecule has 96 valence electrons. The van der Waals surface area contributed by atoms with E-state index in [4.69, 9.17) is 4.74 Å². The third-order valence-electron chi connectivity index (χ3n) is 3.31. The Labute approximate surface area is 107 Å². The van der Waals surface area contributed by atoms with E-state index in [1.54, 1.807) is 14.0 Å². The Bertz CT molecular complexity index is 581. The zero-order valence-electron chi connectivity index (χ0n) is 11.3. The van der Waals surface area contributed by atoms with Crippen LogP contribution < -0.4 is 4.74 Å². The Kier molecular flexibility index (Phi) is 3.16. The highest BCUT2D eigenvalue weighted by Crippen LogP contribution is 2.37. The minimum absolute atomic E-state index is 0.196. The van der Waals surface area contributed by atoms with Gasteiger partial charge in [-0.25, -0.2) is 0 Å². The number of ketones is 1. The van der Waals surface area contributed by atoms with E-state index in [0.29, 0.717) is 6.42 Å². The number of rotatable bonds is 4. The Morgan fingerprint density at radius 1 is 1.39 bits per heavy atom. The van der Waals surface area contributed by atoms with Crippen LogP contribution in [0.3, 0.4) is 0 Å². The molecule has 0 bridgehead atoms. The van der Waals surface area contributed by atoms with Gasteiger partial charge in [0.2, 0.25) is 0 Å². The number of nitrogens with one attached hydrogen (secondary N) is 1. The average molecular weight is 245 g/mol. The molecule has 3 heteroatoms. The topological polar surface area (TPSA) is 42.1 Å². The molecule has 1 aromatic heterocycles. The second kappa shape index (κ2) is 4.48. The van der Waals surface area contributed by atoms with Gasteiger partial charge in [0.25, 0.3) is 0 Å². The molecule has 0 aliphatic heterocycles. The maximum atomic E-state index is 11.4. The highest BCUT2D eigenvalue weighted by molar-refractivity contribution is 5.91. The van der Waals surface area contributed by atoms with Crippen molar-refractivity contribution in [2.45, 2.75) is 32.6 Å². The van der Waals surface area contributed by atoms with E-state index in [0.717, 1.165) is 22.2 Å². The van der Waals surface area contributed by atoms with Gasteiger partial charge in [-0.3, -0.25) is 4.79 Å². The zero-order chi connectivity index (χ0) is 13.3. The first-order valence-electron chi connectivity index (χ1n) is 6.09. The number of carbonyl (C=O) groups excluding carboxylic acids is 1. The number of Topliss-reactive ketones (excluding diaryl/α,β-unsaturated/α-hetero) is 1. The summed E-state index contributed by atoms with van der Waals surface area (Å²) in [5, 5.41) is 1.08. The number of fused-ring (bicyclic) bond motifs is 1. The molecule has 0 radical (unpaired) electrons. The number of H-pyrrole nitrogens is 1. The maximum Gasteiger partial charge on any atom is 0.130 e. The molecule has 0 aliphatic rings. The average Bonchev–Trinajstić information content (AvgIpc) is 2.71. The van der Waals surface area contributed by atoms with Crippen molar-refractivity contribution in [2.75, 3.05) is 7.11 Å². The van der Waals surface area contributed by atoms with E-state index in [1.165, 1.54) is 0 Å². The standard InChI is InChI=1S/C15H19NO2/c1-10(17)8-15(2,3)11-9-16-12-6-5-7-13(18-4)14(11)12/h5-7,9,16H,8H2,1-4H3. The molecule has 2 aromatic rings. The van der Waals surface area contributed by atoms with Crippen molar-refractivity contribution in [1.29, 1.82) is 0 Å². The second-order valence-electron chi connectivity index (χ2n) is 5.35. The molecule has 0 saturated heterocycles. The molecule has 0 fully saturated rings. The van der Waals surface area contributed by atoms with Crippen LogP contribution in [-0.4, -0.2) is 17.9 Å². The molecule has 1 heterocycles. The summed E-state index contributed by atoms with van der Waals surface area (Å²) in [6.45, 7) is 5.81. The minimum Gasteiger partial charge on any atom is -0.496 e. The van der Waals surface area contributed by atoms with Gasteiger partial charge in [-0.05, 0) is 30.0 Å². The molecule has 0 amide bonds. The van der Waals surface area contributed by atoms with Crippen LogP contribution in [0.5, 0.6) is 5.75 Å². The van der Waals surface area contributed by atoms with Crippen molar-refractivity contribution in [3.05, 3.63) is 30.0 Å². The molecule has 18 heavy (non-hydrogen) atoms. The fraction of sp³-hybridized carbons (Fsp3) is 0.400. The lowest BCUT2D eigenvalue weighted by Gasteiger charge is -2.23. The van der Waals surface area contributed by atoms with Crippen LogP contribution in [-0.2, 0) is 10.2 Å². The predicted octanol–water partition coefficient (Wildman–Crippen LogP) is 3.43. The lowest BCUT2D eigenvalue weighted by molar-refractivity contribution is -0.118. The number of aromatic nitrogens is 1. The SMILES string of the molecule is COc1cccc2[nH]cc(C(C)(C)CC(C)=O)c12. The summed E-state index contributed by atoms with van der Waals surface area (Å²) in [5.74, 6) is 1.05. The van der Waals surface area contributed by atoms with Crippen LogP contribution in [0.2, 0.25) is 0 Å². The molecule has 0 spiro atoms. The molecule has 3 nitrogen and oxygen atoms in total. The fourth-order valence-corrected chi connectivity index (χ4v) is 2.57. The van der Waals surface area contributed by atoms with E-state index in [2.05, 4.69) is 18.8 Å². The number of methoxy groups -OCH3 is 1. The Morgan fingerprint density at radius 2 is 2.11 bits per heavy atom. The minimum atomic E-state index is -0.196. The highest BCUT2D eigenvalue weighted by Gasteiger charge is 2.26. The van der Waals surface area contributed by atoms with E-state index in [1.807, 2.05) is 24.4 Å². The lowest BCUT2D eigenvalue weighted by atomic mass is 9.80.